The zero-order valence-electron chi connectivity index (χ0n) is 49.0. The molecule has 6 heteroatoms. The lowest BCUT2D eigenvalue weighted by Crippen LogP contribution is -2.30. The van der Waals surface area contributed by atoms with E-state index in [9.17, 15) is 14.4 Å². The van der Waals surface area contributed by atoms with Crippen molar-refractivity contribution in [1.29, 1.82) is 0 Å². The van der Waals surface area contributed by atoms with Gasteiger partial charge in [-0.15, -0.1) is 0 Å². The molecule has 0 aromatic heterocycles. The number of esters is 3. The Morgan fingerprint density at radius 3 is 0.606 bits per heavy atom. The largest absolute Gasteiger partial charge is 0.462 e. The summed E-state index contributed by atoms with van der Waals surface area (Å²) >= 11 is 0. The number of unbranched alkanes of at least 4 members (excludes halogenated alkanes) is 41. The topological polar surface area (TPSA) is 78.9 Å². The van der Waals surface area contributed by atoms with Gasteiger partial charge in [-0.05, 0) is 37.0 Å². The molecule has 0 fully saturated rings. The van der Waals surface area contributed by atoms with Crippen LogP contribution in [0.4, 0.5) is 0 Å². The van der Waals surface area contributed by atoms with Gasteiger partial charge in [-0.25, -0.2) is 0 Å². The van der Waals surface area contributed by atoms with Crippen molar-refractivity contribution >= 4 is 17.9 Å². The van der Waals surface area contributed by atoms with Crippen molar-refractivity contribution in [1.82, 2.24) is 0 Å². The van der Waals surface area contributed by atoms with Gasteiger partial charge in [0, 0.05) is 19.3 Å². The summed E-state index contributed by atoms with van der Waals surface area (Å²) in [6.45, 7) is 13.8. The minimum absolute atomic E-state index is 0.0625. The Labute approximate surface area is 444 Å². The quantitative estimate of drug-likeness (QED) is 0.0343. The normalized spacial score (nSPS) is 12.1. The van der Waals surface area contributed by atoms with Crippen LogP contribution in [0.15, 0.2) is 0 Å². The Bertz CT molecular complexity index is 1100. The average Bonchev–Trinajstić information content (AvgIpc) is 3.33. The highest BCUT2D eigenvalue weighted by Gasteiger charge is 2.19. The second kappa shape index (κ2) is 56.1. The van der Waals surface area contributed by atoms with E-state index in [0.29, 0.717) is 19.3 Å². The lowest BCUT2D eigenvalue weighted by Gasteiger charge is -2.18. The molecule has 0 saturated heterocycles. The molecule has 0 aromatic rings. The van der Waals surface area contributed by atoms with Crippen LogP contribution in [0.5, 0.6) is 0 Å². The van der Waals surface area contributed by atoms with Crippen molar-refractivity contribution < 1.29 is 28.6 Å². The zero-order chi connectivity index (χ0) is 51.9. The Balaban J connectivity index is 4.29. The average molecular weight is 1000 g/mol. The van der Waals surface area contributed by atoms with E-state index in [1.54, 1.807) is 0 Å². The SMILES string of the molecule is CC(C)CCCCCCCCCCCCCCCCCCC(=O)O[C@H](COC(=O)CCCCCCCCCCCCCCCCCC(C)C)COC(=O)CCCCCCCCCCCCCCCC(C)C. The Morgan fingerprint density at radius 1 is 0.239 bits per heavy atom. The highest BCUT2D eigenvalue weighted by atomic mass is 16.6. The lowest BCUT2D eigenvalue weighted by molar-refractivity contribution is -0.167. The van der Waals surface area contributed by atoms with Crippen molar-refractivity contribution in [2.24, 2.45) is 17.8 Å². The molecular weight excluding hydrogens is 877 g/mol. The Morgan fingerprint density at radius 2 is 0.408 bits per heavy atom. The van der Waals surface area contributed by atoms with Gasteiger partial charge in [0.15, 0.2) is 6.10 Å². The molecule has 0 aromatic carbocycles. The number of carbonyl (C=O) groups excluding carboxylic acids is 3. The molecule has 0 heterocycles. The van der Waals surface area contributed by atoms with Crippen LogP contribution in [-0.4, -0.2) is 37.2 Å². The van der Waals surface area contributed by atoms with E-state index >= 15 is 0 Å². The summed E-state index contributed by atoms with van der Waals surface area (Å²) < 4.78 is 17.0. The van der Waals surface area contributed by atoms with Crippen LogP contribution in [0, 0.1) is 17.8 Å². The van der Waals surface area contributed by atoms with Crippen LogP contribution < -0.4 is 0 Å². The number of rotatable bonds is 58. The summed E-state index contributed by atoms with van der Waals surface area (Å²) in [5.74, 6) is 1.71. The number of carbonyl (C=O) groups is 3. The predicted molar refractivity (Wildman–Crippen MR) is 307 cm³/mol. The van der Waals surface area contributed by atoms with Crippen LogP contribution >= 0.6 is 0 Å². The number of hydrogen-bond acceptors (Lipinski definition) is 6. The molecule has 6 nitrogen and oxygen atoms in total. The standard InChI is InChI=1S/C65H126O6/c1-59(2)51-45-39-33-27-21-15-10-7-8-12-19-26-32-38-44-50-56-65(68)71-62(58-70-64(67)55-49-43-37-31-25-20-14-17-23-29-35-41-47-53-61(5)6)57-69-63(66)54-48-42-36-30-24-18-13-9-11-16-22-28-34-40-46-52-60(3)4/h59-62H,7-58H2,1-6H3/t62-/m1/s1. The minimum Gasteiger partial charge on any atom is -0.462 e. The van der Waals surface area contributed by atoms with Crippen molar-refractivity contribution in [2.45, 2.75) is 369 Å². The second-order valence-electron chi connectivity index (χ2n) is 23.8. The maximum Gasteiger partial charge on any atom is 0.306 e. The molecule has 0 unspecified atom stereocenters. The summed E-state index contributed by atoms with van der Waals surface area (Å²) in [7, 11) is 0. The highest BCUT2D eigenvalue weighted by molar-refractivity contribution is 5.71. The van der Waals surface area contributed by atoms with Crippen molar-refractivity contribution in [2.75, 3.05) is 13.2 Å². The first kappa shape index (κ1) is 69.4. The highest BCUT2D eigenvalue weighted by Crippen LogP contribution is 2.19. The van der Waals surface area contributed by atoms with Crippen LogP contribution in [0.25, 0.3) is 0 Å². The molecular formula is C65H126O6. The van der Waals surface area contributed by atoms with Gasteiger partial charge in [-0.2, -0.15) is 0 Å². The Kier molecular flexibility index (Phi) is 54.9. The molecule has 0 radical (unpaired) electrons. The van der Waals surface area contributed by atoms with Gasteiger partial charge in [0.05, 0.1) is 0 Å². The predicted octanol–water partition coefficient (Wildman–Crippen LogP) is 21.5. The van der Waals surface area contributed by atoms with Gasteiger partial charge in [-0.1, -0.05) is 324 Å². The van der Waals surface area contributed by atoms with E-state index in [2.05, 4.69) is 41.5 Å². The summed E-state index contributed by atoms with van der Waals surface area (Å²) in [5, 5.41) is 0. The van der Waals surface area contributed by atoms with Gasteiger partial charge in [0.2, 0.25) is 0 Å². The zero-order valence-corrected chi connectivity index (χ0v) is 49.0. The molecule has 71 heavy (non-hydrogen) atoms. The van der Waals surface area contributed by atoms with Gasteiger partial charge < -0.3 is 14.2 Å². The van der Waals surface area contributed by atoms with E-state index in [4.69, 9.17) is 14.2 Å². The Hall–Kier alpha value is -1.59. The van der Waals surface area contributed by atoms with Crippen LogP contribution in [0.2, 0.25) is 0 Å². The van der Waals surface area contributed by atoms with E-state index in [0.717, 1.165) is 75.5 Å². The number of hydrogen-bond donors (Lipinski definition) is 0. The van der Waals surface area contributed by atoms with Gasteiger partial charge in [-0.3, -0.25) is 14.4 Å². The maximum absolute atomic E-state index is 12.9. The first-order chi connectivity index (χ1) is 34.6. The maximum atomic E-state index is 12.9. The third-order valence-corrected chi connectivity index (χ3v) is 14.9. The number of ether oxygens (including phenoxy) is 3. The molecule has 1 atom stereocenters. The van der Waals surface area contributed by atoms with E-state index in [-0.39, 0.29) is 31.1 Å². The molecule has 0 N–H and O–H groups in total. The summed E-state index contributed by atoms with van der Waals surface area (Å²) in [6, 6.07) is 0. The molecule has 0 amide bonds. The van der Waals surface area contributed by atoms with Crippen molar-refractivity contribution in [3.8, 4) is 0 Å². The summed E-state index contributed by atoms with van der Waals surface area (Å²) in [5.41, 5.74) is 0. The molecule has 0 bridgehead atoms. The third-order valence-electron chi connectivity index (χ3n) is 14.9. The van der Waals surface area contributed by atoms with Crippen LogP contribution in [0.3, 0.4) is 0 Å². The van der Waals surface area contributed by atoms with Crippen LogP contribution in [0.1, 0.15) is 363 Å². The molecule has 0 saturated carbocycles. The second-order valence-corrected chi connectivity index (χ2v) is 23.8. The minimum atomic E-state index is -0.764. The fraction of sp³-hybridized carbons (Fsp3) is 0.954. The fourth-order valence-corrected chi connectivity index (χ4v) is 10.1. The monoisotopic (exact) mass is 1000 g/mol. The smallest absolute Gasteiger partial charge is 0.306 e. The van der Waals surface area contributed by atoms with E-state index in [1.807, 2.05) is 0 Å². The van der Waals surface area contributed by atoms with Crippen molar-refractivity contribution in [3.63, 3.8) is 0 Å². The van der Waals surface area contributed by atoms with E-state index < -0.39 is 6.10 Å². The van der Waals surface area contributed by atoms with Gasteiger partial charge in [0.1, 0.15) is 13.2 Å². The van der Waals surface area contributed by atoms with Gasteiger partial charge in [0.25, 0.3) is 0 Å². The van der Waals surface area contributed by atoms with Gasteiger partial charge >= 0.3 is 17.9 Å². The molecule has 0 aliphatic heterocycles. The summed E-state index contributed by atoms with van der Waals surface area (Å²) in [6.07, 6.45) is 61.0. The molecule has 0 spiro atoms. The molecule has 422 valence electrons. The lowest BCUT2D eigenvalue weighted by atomic mass is 10.0. The van der Waals surface area contributed by atoms with E-state index in [1.165, 1.54) is 244 Å². The molecule has 0 rings (SSSR count). The first-order valence-corrected chi connectivity index (χ1v) is 32.1. The first-order valence-electron chi connectivity index (χ1n) is 32.1. The summed E-state index contributed by atoms with van der Waals surface area (Å²) in [4.78, 5) is 38.3. The fourth-order valence-electron chi connectivity index (χ4n) is 10.1. The third kappa shape index (κ3) is 59.2. The molecule has 0 aliphatic rings. The van der Waals surface area contributed by atoms with Crippen molar-refractivity contribution in [3.05, 3.63) is 0 Å². The van der Waals surface area contributed by atoms with Crippen LogP contribution in [-0.2, 0) is 28.6 Å². The molecule has 0 aliphatic carbocycles.